The van der Waals surface area contributed by atoms with Gasteiger partial charge in [0.15, 0.2) is 0 Å². The lowest BCUT2D eigenvalue weighted by Crippen LogP contribution is -2.16. The smallest absolute Gasteiger partial charge is 0.339 e. The third-order valence-corrected chi connectivity index (χ3v) is 2.02. The summed E-state index contributed by atoms with van der Waals surface area (Å²) in [7, 11) is 1.26. The first-order chi connectivity index (χ1) is 7.93. The van der Waals surface area contributed by atoms with Crippen LogP contribution >= 0.6 is 0 Å². The van der Waals surface area contributed by atoms with E-state index in [0.717, 1.165) is 6.08 Å². The first kappa shape index (κ1) is 15.2. The third kappa shape index (κ3) is 5.19. The van der Waals surface area contributed by atoms with Crippen LogP contribution in [0, 0.1) is 5.92 Å². The van der Waals surface area contributed by atoms with Crippen LogP contribution in [0.1, 0.15) is 20.8 Å². The van der Waals surface area contributed by atoms with E-state index in [0.29, 0.717) is 5.70 Å². The Kier molecular flexibility index (Phi) is 6.70. The van der Waals surface area contributed by atoms with Crippen molar-refractivity contribution in [1.29, 1.82) is 0 Å². The van der Waals surface area contributed by atoms with Gasteiger partial charge in [-0.2, -0.15) is 0 Å². The Morgan fingerprint density at radius 2 is 1.88 bits per heavy atom. The van der Waals surface area contributed by atoms with Crippen LogP contribution in [-0.2, 0) is 19.1 Å². The summed E-state index contributed by atoms with van der Waals surface area (Å²) in [5.74, 6) is -1.11. The number of carbonyl (C=O) groups is 2. The molecule has 0 saturated heterocycles. The molecule has 0 atom stereocenters. The van der Waals surface area contributed by atoms with Crippen molar-refractivity contribution < 1.29 is 19.1 Å². The van der Waals surface area contributed by atoms with Gasteiger partial charge in [-0.1, -0.05) is 13.8 Å². The molecule has 0 spiro atoms. The van der Waals surface area contributed by atoms with Crippen LogP contribution in [0.4, 0.5) is 0 Å². The van der Waals surface area contributed by atoms with Gasteiger partial charge in [0, 0.05) is 11.8 Å². The number of allylic oxidation sites excluding steroid dienone is 1. The lowest BCUT2D eigenvalue weighted by atomic mass is 10.0. The third-order valence-electron chi connectivity index (χ3n) is 2.02. The molecule has 5 nitrogen and oxygen atoms in total. The van der Waals surface area contributed by atoms with Gasteiger partial charge < -0.3 is 15.2 Å². The Balaban J connectivity index is 5.13. The Morgan fingerprint density at radius 1 is 1.29 bits per heavy atom. The Hall–Kier alpha value is -1.78. The second-order valence-electron chi connectivity index (χ2n) is 3.60. The standard InChI is InChI=1S/C12H19NO4/c1-5-17-12(15)9(11(13)8(2)3)6-7-10(14)16-4/h6-8H,5,13H2,1-4H3/b7-6+,11-9+. The van der Waals surface area contributed by atoms with Crippen LogP contribution in [0.5, 0.6) is 0 Å². The Bertz CT molecular complexity index is 342. The molecule has 5 heteroatoms. The van der Waals surface area contributed by atoms with E-state index >= 15 is 0 Å². The molecule has 0 radical (unpaired) electrons. The van der Waals surface area contributed by atoms with Gasteiger partial charge in [0.1, 0.15) is 0 Å². The molecule has 0 aromatic heterocycles. The average Bonchev–Trinajstić information content (AvgIpc) is 2.28. The van der Waals surface area contributed by atoms with E-state index in [1.807, 2.05) is 13.8 Å². The van der Waals surface area contributed by atoms with Crippen molar-refractivity contribution in [1.82, 2.24) is 0 Å². The van der Waals surface area contributed by atoms with Gasteiger partial charge in [0.2, 0.25) is 0 Å². The first-order valence-corrected chi connectivity index (χ1v) is 5.36. The number of rotatable bonds is 5. The second kappa shape index (κ2) is 7.49. The minimum atomic E-state index is -0.552. The van der Waals surface area contributed by atoms with Crippen molar-refractivity contribution in [3.63, 3.8) is 0 Å². The second-order valence-corrected chi connectivity index (χ2v) is 3.60. The lowest BCUT2D eigenvalue weighted by Gasteiger charge is -2.10. The highest BCUT2D eigenvalue weighted by Crippen LogP contribution is 2.12. The molecule has 0 unspecified atom stereocenters. The van der Waals surface area contributed by atoms with E-state index in [2.05, 4.69) is 4.74 Å². The molecule has 17 heavy (non-hydrogen) atoms. The SMILES string of the molecule is CCOC(=O)C(/C=C/C(=O)OC)=C(/N)C(C)C. The highest BCUT2D eigenvalue weighted by molar-refractivity contribution is 5.94. The number of esters is 2. The highest BCUT2D eigenvalue weighted by atomic mass is 16.5. The molecular weight excluding hydrogens is 222 g/mol. The van der Waals surface area contributed by atoms with Crippen LogP contribution in [0.3, 0.4) is 0 Å². The number of nitrogens with two attached hydrogens (primary N) is 1. The van der Waals surface area contributed by atoms with Gasteiger partial charge in [0.25, 0.3) is 0 Å². The van der Waals surface area contributed by atoms with Crippen molar-refractivity contribution in [3.05, 3.63) is 23.4 Å². The molecule has 0 saturated carbocycles. The Morgan fingerprint density at radius 3 is 2.29 bits per heavy atom. The van der Waals surface area contributed by atoms with E-state index in [-0.39, 0.29) is 18.1 Å². The van der Waals surface area contributed by atoms with Crippen molar-refractivity contribution in [2.24, 2.45) is 11.7 Å². The molecule has 0 aromatic rings. The van der Waals surface area contributed by atoms with Gasteiger partial charge in [-0.05, 0) is 18.9 Å². The maximum Gasteiger partial charge on any atom is 0.339 e. The first-order valence-electron chi connectivity index (χ1n) is 5.36. The van der Waals surface area contributed by atoms with Crippen LogP contribution in [0.2, 0.25) is 0 Å². The van der Waals surface area contributed by atoms with Crippen LogP contribution in [-0.4, -0.2) is 25.7 Å². The van der Waals surface area contributed by atoms with Crippen LogP contribution in [0.25, 0.3) is 0 Å². The van der Waals surface area contributed by atoms with Crippen molar-refractivity contribution in [2.45, 2.75) is 20.8 Å². The van der Waals surface area contributed by atoms with E-state index < -0.39 is 11.9 Å². The summed E-state index contributed by atoms with van der Waals surface area (Å²) in [5, 5.41) is 0. The topological polar surface area (TPSA) is 78.6 Å². The summed E-state index contributed by atoms with van der Waals surface area (Å²) in [6.07, 6.45) is 2.46. The van der Waals surface area contributed by atoms with Gasteiger partial charge in [-0.25, -0.2) is 9.59 Å². The summed E-state index contributed by atoms with van der Waals surface area (Å²) >= 11 is 0. The number of hydrogen-bond donors (Lipinski definition) is 1. The maximum atomic E-state index is 11.6. The predicted octanol–water partition coefficient (Wildman–Crippen LogP) is 1.15. The summed E-state index contributed by atoms with van der Waals surface area (Å²) in [6, 6.07) is 0. The summed E-state index contributed by atoms with van der Waals surface area (Å²) < 4.78 is 9.30. The van der Waals surface area contributed by atoms with E-state index in [1.54, 1.807) is 6.92 Å². The molecule has 96 valence electrons. The fourth-order valence-electron chi connectivity index (χ4n) is 1.02. The van der Waals surface area contributed by atoms with Crippen molar-refractivity contribution in [2.75, 3.05) is 13.7 Å². The van der Waals surface area contributed by atoms with Crippen LogP contribution < -0.4 is 5.73 Å². The zero-order chi connectivity index (χ0) is 13.4. The van der Waals surface area contributed by atoms with E-state index in [9.17, 15) is 9.59 Å². The lowest BCUT2D eigenvalue weighted by molar-refractivity contribution is -0.138. The minimum Gasteiger partial charge on any atom is -0.466 e. The number of carbonyl (C=O) groups excluding carboxylic acids is 2. The number of ether oxygens (including phenoxy) is 2. The van der Waals surface area contributed by atoms with Gasteiger partial charge >= 0.3 is 11.9 Å². The van der Waals surface area contributed by atoms with E-state index in [1.165, 1.54) is 13.2 Å². The quantitative estimate of drug-likeness (QED) is 0.443. The van der Waals surface area contributed by atoms with Crippen molar-refractivity contribution in [3.8, 4) is 0 Å². The summed E-state index contributed by atoms with van der Waals surface area (Å²) in [4.78, 5) is 22.6. The molecule has 2 N–H and O–H groups in total. The highest BCUT2D eigenvalue weighted by Gasteiger charge is 2.14. The largest absolute Gasteiger partial charge is 0.466 e. The monoisotopic (exact) mass is 241 g/mol. The molecule has 0 fully saturated rings. The number of hydrogen-bond acceptors (Lipinski definition) is 5. The summed E-state index contributed by atoms with van der Waals surface area (Å²) in [5.41, 5.74) is 6.36. The zero-order valence-electron chi connectivity index (χ0n) is 10.6. The molecule has 0 aliphatic rings. The molecule has 0 heterocycles. The predicted molar refractivity (Wildman–Crippen MR) is 63.8 cm³/mol. The van der Waals surface area contributed by atoms with Gasteiger partial charge in [0.05, 0.1) is 19.3 Å². The number of methoxy groups -OCH3 is 1. The fourth-order valence-corrected chi connectivity index (χ4v) is 1.02. The van der Waals surface area contributed by atoms with Gasteiger partial charge in [-0.15, -0.1) is 0 Å². The molecular formula is C12H19NO4. The maximum absolute atomic E-state index is 11.6. The zero-order valence-corrected chi connectivity index (χ0v) is 10.6. The molecule has 0 aliphatic carbocycles. The molecule has 0 aliphatic heterocycles. The van der Waals surface area contributed by atoms with E-state index in [4.69, 9.17) is 10.5 Å². The van der Waals surface area contributed by atoms with Gasteiger partial charge in [-0.3, -0.25) is 0 Å². The van der Waals surface area contributed by atoms with Crippen LogP contribution in [0.15, 0.2) is 23.4 Å². The summed E-state index contributed by atoms with van der Waals surface area (Å²) in [6.45, 7) is 5.64. The minimum absolute atomic E-state index is 0.0169. The molecule has 0 rings (SSSR count). The average molecular weight is 241 g/mol. The molecule has 0 amide bonds. The molecule has 0 bridgehead atoms. The fraction of sp³-hybridized carbons (Fsp3) is 0.500. The Labute approximate surface area is 101 Å². The molecule has 0 aromatic carbocycles. The normalized spacial score (nSPS) is 12.5. The van der Waals surface area contributed by atoms with Crippen molar-refractivity contribution >= 4 is 11.9 Å².